The maximum atomic E-state index is 12.2. The minimum Gasteiger partial charge on any atom is -0.480 e. The van der Waals surface area contributed by atoms with Crippen LogP contribution in [-0.4, -0.2) is 46.9 Å². The van der Waals surface area contributed by atoms with E-state index in [-0.39, 0.29) is 17.7 Å². The first-order chi connectivity index (χ1) is 9.12. The van der Waals surface area contributed by atoms with Gasteiger partial charge in [-0.25, -0.2) is 4.79 Å². The fourth-order valence-corrected chi connectivity index (χ4v) is 2.39. The molecule has 2 atom stereocenters. The molecular formula is C14H24N2O4. The van der Waals surface area contributed by atoms with Crippen molar-refractivity contribution in [3.05, 3.63) is 0 Å². The van der Waals surface area contributed by atoms with Gasteiger partial charge in [-0.2, -0.15) is 0 Å². The topological polar surface area (TPSA) is 86.7 Å². The Morgan fingerprint density at radius 3 is 2.35 bits per heavy atom. The van der Waals surface area contributed by atoms with Crippen molar-refractivity contribution in [3.63, 3.8) is 0 Å². The van der Waals surface area contributed by atoms with E-state index in [2.05, 4.69) is 5.32 Å². The van der Waals surface area contributed by atoms with E-state index < -0.39 is 17.4 Å². The summed E-state index contributed by atoms with van der Waals surface area (Å²) < 4.78 is 0. The zero-order chi connectivity index (χ0) is 15.5. The van der Waals surface area contributed by atoms with Crippen molar-refractivity contribution in [3.8, 4) is 0 Å². The van der Waals surface area contributed by atoms with Crippen LogP contribution in [-0.2, 0) is 14.4 Å². The molecule has 1 aliphatic rings. The van der Waals surface area contributed by atoms with Gasteiger partial charge in [0, 0.05) is 20.0 Å². The number of carbonyl (C=O) groups is 3. The van der Waals surface area contributed by atoms with Crippen molar-refractivity contribution < 1.29 is 19.5 Å². The molecule has 0 spiro atoms. The highest BCUT2D eigenvalue weighted by Gasteiger charge is 2.35. The Balaban J connectivity index is 2.70. The third kappa shape index (κ3) is 4.21. The van der Waals surface area contributed by atoms with Crippen LogP contribution in [0.4, 0.5) is 0 Å². The van der Waals surface area contributed by atoms with Crippen molar-refractivity contribution in [1.29, 1.82) is 0 Å². The van der Waals surface area contributed by atoms with Gasteiger partial charge in [0.1, 0.15) is 6.04 Å². The lowest BCUT2D eigenvalue weighted by molar-refractivity contribution is -0.146. The van der Waals surface area contributed by atoms with Crippen LogP contribution in [0.1, 0.15) is 40.5 Å². The highest BCUT2D eigenvalue weighted by Crippen LogP contribution is 2.22. The first-order valence-corrected chi connectivity index (χ1v) is 6.91. The van der Waals surface area contributed by atoms with Gasteiger partial charge in [-0.1, -0.05) is 20.8 Å². The summed E-state index contributed by atoms with van der Waals surface area (Å²) in [7, 11) is 0. The van der Waals surface area contributed by atoms with Crippen LogP contribution in [0.25, 0.3) is 0 Å². The van der Waals surface area contributed by atoms with Crippen molar-refractivity contribution in [1.82, 2.24) is 10.2 Å². The summed E-state index contributed by atoms with van der Waals surface area (Å²) in [5.74, 6) is -1.69. The number of carbonyl (C=O) groups excluding carboxylic acids is 2. The molecule has 1 unspecified atom stereocenters. The number of rotatable bonds is 3. The lowest BCUT2D eigenvalue weighted by Crippen LogP contribution is -2.53. The monoisotopic (exact) mass is 284 g/mol. The van der Waals surface area contributed by atoms with Gasteiger partial charge >= 0.3 is 5.97 Å². The molecule has 0 radical (unpaired) electrons. The zero-order valence-electron chi connectivity index (χ0n) is 12.6. The van der Waals surface area contributed by atoms with E-state index in [0.717, 1.165) is 6.42 Å². The first-order valence-electron chi connectivity index (χ1n) is 6.91. The van der Waals surface area contributed by atoms with Crippen molar-refractivity contribution >= 4 is 17.8 Å². The van der Waals surface area contributed by atoms with Crippen molar-refractivity contribution in [2.45, 2.75) is 46.6 Å². The summed E-state index contributed by atoms with van der Waals surface area (Å²) in [6.07, 6.45) is 1.46. The van der Waals surface area contributed by atoms with Gasteiger partial charge in [0.2, 0.25) is 11.8 Å². The molecule has 0 aromatic heterocycles. The van der Waals surface area contributed by atoms with Gasteiger partial charge < -0.3 is 15.3 Å². The number of carboxylic acids is 1. The van der Waals surface area contributed by atoms with E-state index in [4.69, 9.17) is 0 Å². The molecule has 0 bridgehead atoms. The molecule has 0 aromatic carbocycles. The number of nitrogens with one attached hydrogen (secondary N) is 1. The second kappa shape index (κ2) is 6.24. The SMILES string of the molecule is CC(=O)N1CCCC(C(=O)N[C@@H](C(=O)O)C(C)(C)C)C1. The molecule has 0 aliphatic carbocycles. The minimum absolute atomic E-state index is 0.0481. The van der Waals surface area contributed by atoms with Gasteiger partial charge in [0.25, 0.3) is 0 Å². The number of hydrogen-bond acceptors (Lipinski definition) is 3. The molecule has 0 aromatic rings. The fourth-order valence-electron chi connectivity index (χ4n) is 2.39. The summed E-state index contributed by atoms with van der Waals surface area (Å²) in [5, 5.41) is 11.8. The Labute approximate surface area is 119 Å². The number of hydrogen-bond donors (Lipinski definition) is 2. The van der Waals surface area contributed by atoms with Crippen LogP contribution in [0.3, 0.4) is 0 Å². The van der Waals surface area contributed by atoms with Gasteiger partial charge in [-0.3, -0.25) is 9.59 Å². The van der Waals surface area contributed by atoms with E-state index in [1.54, 1.807) is 25.7 Å². The molecule has 2 N–H and O–H groups in total. The summed E-state index contributed by atoms with van der Waals surface area (Å²) in [6.45, 7) is 7.84. The lowest BCUT2D eigenvalue weighted by Gasteiger charge is -2.34. The normalized spacial score (nSPS) is 21.2. The van der Waals surface area contributed by atoms with E-state index >= 15 is 0 Å². The van der Waals surface area contributed by atoms with Crippen LogP contribution >= 0.6 is 0 Å². The molecule has 20 heavy (non-hydrogen) atoms. The number of piperidine rings is 1. The molecule has 1 fully saturated rings. The summed E-state index contributed by atoms with van der Waals surface area (Å²) in [5.41, 5.74) is -0.559. The van der Waals surface area contributed by atoms with Crippen molar-refractivity contribution in [2.24, 2.45) is 11.3 Å². The Hall–Kier alpha value is -1.59. The van der Waals surface area contributed by atoms with E-state index in [0.29, 0.717) is 19.5 Å². The van der Waals surface area contributed by atoms with Gasteiger partial charge in [0.05, 0.1) is 5.92 Å². The van der Waals surface area contributed by atoms with Crippen LogP contribution in [0.5, 0.6) is 0 Å². The molecular weight excluding hydrogens is 260 g/mol. The zero-order valence-corrected chi connectivity index (χ0v) is 12.6. The molecule has 2 amide bonds. The van der Waals surface area contributed by atoms with E-state index in [1.807, 2.05) is 0 Å². The third-order valence-electron chi connectivity index (χ3n) is 3.64. The molecule has 1 aliphatic heterocycles. The molecule has 6 nitrogen and oxygen atoms in total. The first kappa shape index (κ1) is 16.5. The number of carboxylic acid groups (broad SMARTS) is 1. The number of amides is 2. The Morgan fingerprint density at radius 1 is 1.30 bits per heavy atom. The van der Waals surface area contributed by atoms with Gasteiger partial charge in [0.15, 0.2) is 0 Å². The molecule has 1 rings (SSSR count). The third-order valence-corrected chi connectivity index (χ3v) is 3.64. The molecule has 0 saturated carbocycles. The maximum absolute atomic E-state index is 12.2. The van der Waals surface area contributed by atoms with E-state index in [9.17, 15) is 19.5 Å². The van der Waals surface area contributed by atoms with Crippen LogP contribution in [0.2, 0.25) is 0 Å². The lowest BCUT2D eigenvalue weighted by atomic mass is 9.86. The Bertz CT molecular complexity index is 400. The quantitative estimate of drug-likeness (QED) is 0.804. The number of likely N-dealkylation sites (tertiary alicyclic amines) is 1. The molecule has 1 saturated heterocycles. The van der Waals surface area contributed by atoms with Crippen LogP contribution < -0.4 is 5.32 Å². The van der Waals surface area contributed by atoms with Crippen LogP contribution in [0.15, 0.2) is 0 Å². The highest BCUT2D eigenvalue weighted by molar-refractivity contribution is 5.86. The Morgan fingerprint density at radius 2 is 1.90 bits per heavy atom. The summed E-state index contributed by atoms with van der Waals surface area (Å²) in [6, 6.07) is -0.928. The second-order valence-electron chi connectivity index (χ2n) is 6.45. The average molecular weight is 284 g/mol. The summed E-state index contributed by atoms with van der Waals surface area (Å²) >= 11 is 0. The molecule has 6 heteroatoms. The van der Waals surface area contributed by atoms with E-state index in [1.165, 1.54) is 6.92 Å². The minimum atomic E-state index is -1.04. The second-order valence-corrected chi connectivity index (χ2v) is 6.45. The van der Waals surface area contributed by atoms with Crippen molar-refractivity contribution in [2.75, 3.05) is 13.1 Å². The number of aliphatic carboxylic acids is 1. The highest BCUT2D eigenvalue weighted by atomic mass is 16.4. The Kier molecular flexibility index (Phi) is 5.14. The largest absolute Gasteiger partial charge is 0.480 e. The predicted octanol–water partition coefficient (Wildman–Crippen LogP) is 0.860. The maximum Gasteiger partial charge on any atom is 0.326 e. The predicted molar refractivity (Wildman–Crippen MR) is 74.0 cm³/mol. The number of nitrogens with zero attached hydrogens (tertiary/aromatic N) is 1. The smallest absolute Gasteiger partial charge is 0.326 e. The standard InChI is InChI=1S/C14H24N2O4/c1-9(17)16-7-5-6-10(8-16)12(18)15-11(13(19)20)14(2,3)4/h10-11H,5-8H2,1-4H3,(H,15,18)(H,19,20)/t10?,11-/m0/s1. The van der Waals surface area contributed by atoms with Gasteiger partial charge in [-0.05, 0) is 18.3 Å². The molecule has 114 valence electrons. The van der Waals surface area contributed by atoms with Gasteiger partial charge in [-0.15, -0.1) is 0 Å². The average Bonchev–Trinajstić information content (AvgIpc) is 2.33. The summed E-state index contributed by atoms with van der Waals surface area (Å²) in [4.78, 5) is 36.5. The van der Waals surface area contributed by atoms with Crippen LogP contribution in [0, 0.1) is 11.3 Å². The fraction of sp³-hybridized carbons (Fsp3) is 0.786. The molecule has 1 heterocycles.